The summed E-state index contributed by atoms with van der Waals surface area (Å²) in [6, 6.07) is 22.4. The third kappa shape index (κ3) is 6.85. The number of hydrogen-bond acceptors (Lipinski definition) is 6. The molecule has 0 atom stereocenters. The highest BCUT2D eigenvalue weighted by Crippen LogP contribution is 2.16. The van der Waals surface area contributed by atoms with Gasteiger partial charge in [-0.3, -0.25) is 19.6 Å². The molecule has 194 valence electrons. The van der Waals surface area contributed by atoms with Gasteiger partial charge in [0.15, 0.2) is 0 Å². The number of hydrogen-bond donors (Lipinski definition) is 4. The Hall–Kier alpha value is -4.46. The molecule has 4 N–H and O–H groups in total. The number of anilines is 2. The fraction of sp³-hybridized carbons (Fsp3) is 0.267. The SMILES string of the molecule is O=C(Nc1ccc(CCC2=NCCN2)cc1)c1ccc(C(=O)Nc2ccc(CCC3=NCCN3)cc2)cc1. The molecule has 0 unspecified atom stereocenters. The van der Waals surface area contributed by atoms with Gasteiger partial charge in [-0.25, -0.2) is 0 Å². The highest BCUT2D eigenvalue weighted by molar-refractivity contribution is 6.07. The van der Waals surface area contributed by atoms with Gasteiger partial charge in [0.1, 0.15) is 0 Å². The van der Waals surface area contributed by atoms with Crippen molar-refractivity contribution in [3.8, 4) is 0 Å². The van der Waals surface area contributed by atoms with Crippen molar-refractivity contribution in [3.05, 3.63) is 95.1 Å². The van der Waals surface area contributed by atoms with E-state index in [1.165, 1.54) is 11.1 Å². The summed E-state index contributed by atoms with van der Waals surface area (Å²) < 4.78 is 0. The largest absolute Gasteiger partial charge is 0.372 e. The van der Waals surface area contributed by atoms with Crippen molar-refractivity contribution in [2.24, 2.45) is 9.98 Å². The maximum atomic E-state index is 12.7. The Balaban J connectivity index is 1.09. The molecule has 38 heavy (non-hydrogen) atoms. The highest BCUT2D eigenvalue weighted by atomic mass is 16.2. The average Bonchev–Trinajstić information content (AvgIpc) is 3.67. The van der Waals surface area contributed by atoms with Gasteiger partial charge >= 0.3 is 0 Å². The van der Waals surface area contributed by atoms with Crippen molar-refractivity contribution < 1.29 is 9.59 Å². The molecule has 2 aliphatic heterocycles. The molecule has 0 bridgehead atoms. The quantitative estimate of drug-likeness (QED) is 0.331. The van der Waals surface area contributed by atoms with Crippen LogP contribution in [-0.4, -0.2) is 49.7 Å². The lowest BCUT2D eigenvalue weighted by Gasteiger charge is -2.09. The number of amidine groups is 2. The van der Waals surface area contributed by atoms with Gasteiger partial charge in [0.05, 0.1) is 24.8 Å². The third-order valence-electron chi connectivity index (χ3n) is 6.62. The molecule has 0 aromatic heterocycles. The Labute approximate surface area is 222 Å². The number of nitrogens with one attached hydrogen (secondary N) is 4. The lowest BCUT2D eigenvalue weighted by Crippen LogP contribution is -2.18. The summed E-state index contributed by atoms with van der Waals surface area (Å²) in [5, 5.41) is 12.4. The van der Waals surface area contributed by atoms with Gasteiger partial charge in [-0.05, 0) is 72.5 Å². The lowest BCUT2D eigenvalue weighted by molar-refractivity contribution is 0.101. The Morgan fingerprint density at radius 3 is 1.32 bits per heavy atom. The van der Waals surface area contributed by atoms with Gasteiger partial charge in [0.2, 0.25) is 0 Å². The number of nitrogens with zero attached hydrogens (tertiary/aromatic N) is 2. The summed E-state index contributed by atoms with van der Waals surface area (Å²) in [6.45, 7) is 3.57. The van der Waals surface area contributed by atoms with Crippen LogP contribution in [0.15, 0.2) is 82.8 Å². The highest BCUT2D eigenvalue weighted by Gasteiger charge is 2.11. The van der Waals surface area contributed by atoms with Crippen LogP contribution in [0.1, 0.15) is 44.7 Å². The Bertz CT molecular complexity index is 1220. The molecular formula is C30H32N6O2. The van der Waals surface area contributed by atoms with Crippen molar-refractivity contribution >= 4 is 34.9 Å². The molecule has 3 aromatic carbocycles. The molecule has 0 fully saturated rings. The minimum absolute atomic E-state index is 0.219. The molecule has 0 aliphatic carbocycles. The summed E-state index contributed by atoms with van der Waals surface area (Å²) in [7, 11) is 0. The number of rotatable bonds is 10. The number of benzene rings is 3. The molecule has 2 amide bonds. The standard InChI is InChI=1S/C30H32N6O2/c37-29(35-25-11-1-21(2-12-25)5-15-27-31-17-18-32-27)23-7-9-24(10-8-23)30(38)36-26-13-3-22(4-14-26)6-16-28-33-19-20-34-28/h1-4,7-14H,5-6,15-20H2,(H,31,32)(H,33,34)(H,35,37)(H,36,38). The normalized spacial score (nSPS) is 14.2. The van der Waals surface area contributed by atoms with Crippen LogP contribution >= 0.6 is 0 Å². The van der Waals surface area contributed by atoms with Gasteiger partial charge in [-0.15, -0.1) is 0 Å². The second-order valence-electron chi connectivity index (χ2n) is 9.39. The maximum Gasteiger partial charge on any atom is 0.255 e. The van der Waals surface area contributed by atoms with Crippen LogP contribution in [0.5, 0.6) is 0 Å². The zero-order valence-electron chi connectivity index (χ0n) is 21.3. The van der Waals surface area contributed by atoms with Crippen molar-refractivity contribution in [1.29, 1.82) is 0 Å². The van der Waals surface area contributed by atoms with Crippen LogP contribution in [-0.2, 0) is 12.8 Å². The van der Waals surface area contributed by atoms with Crippen LogP contribution in [0, 0.1) is 0 Å². The lowest BCUT2D eigenvalue weighted by atomic mass is 10.1. The summed E-state index contributed by atoms with van der Waals surface area (Å²) in [6.07, 6.45) is 3.60. The van der Waals surface area contributed by atoms with E-state index >= 15 is 0 Å². The van der Waals surface area contributed by atoms with E-state index in [1.807, 2.05) is 48.5 Å². The third-order valence-corrected chi connectivity index (χ3v) is 6.62. The molecule has 8 nitrogen and oxygen atoms in total. The zero-order chi connectivity index (χ0) is 26.2. The van der Waals surface area contributed by atoms with Gasteiger partial charge in [0, 0.05) is 48.4 Å². The molecule has 8 heteroatoms. The summed E-state index contributed by atoms with van der Waals surface area (Å²) >= 11 is 0. The fourth-order valence-corrected chi connectivity index (χ4v) is 4.44. The van der Waals surface area contributed by atoms with Gasteiger partial charge in [-0.2, -0.15) is 0 Å². The van der Waals surface area contributed by atoms with Crippen LogP contribution in [0.4, 0.5) is 11.4 Å². The predicted octanol–water partition coefficient (Wildman–Crippen LogP) is 4.06. The maximum absolute atomic E-state index is 12.7. The van der Waals surface area contributed by atoms with E-state index in [-0.39, 0.29) is 11.8 Å². The van der Waals surface area contributed by atoms with E-state index in [4.69, 9.17) is 0 Å². The van der Waals surface area contributed by atoms with Gasteiger partial charge in [0.25, 0.3) is 11.8 Å². The molecule has 5 rings (SSSR count). The monoisotopic (exact) mass is 508 g/mol. The van der Waals surface area contributed by atoms with E-state index in [9.17, 15) is 9.59 Å². The Morgan fingerprint density at radius 2 is 0.974 bits per heavy atom. The first-order valence-electron chi connectivity index (χ1n) is 13.1. The average molecular weight is 509 g/mol. The molecule has 2 aliphatic rings. The van der Waals surface area contributed by atoms with E-state index < -0.39 is 0 Å². The smallest absolute Gasteiger partial charge is 0.255 e. The molecule has 0 saturated carbocycles. The van der Waals surface area contributed by atoms with Gasteiger partial charge < -0.3 is 21.3 Å². The van der Waals surface area contributed by atoms with E-state index in [1.54, 1.807) is 24.3 Å². The van der Waals surface area contributed by atoms with Crippen LogP contribution < -0.4 is 21.3 Å². The molecular weight excluding hydrogens is 476 g/mol. The van der Waals surface area contributed by atoms with Gasteiger partial charge in [-0.1, -0.05) is 24.3 Å². The number of aryl methyl sites for hydroxylation is 2. The summed E-state index contributed by atoms with van der Waals surface area (Å²) in [5.41, 5.74) is 4.82. The van der Waals surface area contributed by atoms with Crippen LogP contribution in [0.2, 0.25) is 0 Å². The summed E-state index contributed by atoms with van der Waals surface area (Å²) in [5.74, 6) is 1.69. The van der Waals surface area contributed by atoms with E-state index in [0.717, 1.165) is 74.9 Å². The molecule has 0 saturated heterocycles. The topological polar surface area (TPSA) is 107 Å². The Kier molecular flexibility index (Phi) is 8.08. The van der Waals surface area contributed by atoms with E-state index in [2.05, 4.69) is 31.3 Å². The Morgan fingerprint density at radius 1 is 0.579 bits per heavy atom. The van der Waals surface area contributed by atoms with Crippen molar-refractivity contribution in [1.82, 2.24) is 10.6 Å². The molecule has 0 radical (unpaired) electrons. The minimum atomic E-state index is -0.219. The van der Waals surface area contributed by atoms with E-state index in [0.29, 0.717) is 11.1 Å². The number of carbonyl (C=O) groups is 2. The number of carbonyl (C=O) groups excluding carboxylic acids is 2. The van der Waals surface area contributed by atoms with Crippen LogP contribution in [0.25, 0.3) is 0 Å². The fourth-order valence-electron chi connectivity index (χ4n) is 4.44. The van der Waals surface area contributed by atoms with Crippen molar-refractivity contribution in [3.63, 3.8) is 0 Å². The van der Waals surface area contributed by atoms with Crippen molar-refractivity contribution in [2.75, 3.05) is 36.8 Å². The van der Waals surface area contributed by atoms with Crippen LogP contribution in [0.3, 0.4) is 0 Å². The number of aliphatic imine (C=N–C) groups is 2. The second-order valence-corrected chi connectivity index (χ2v) is 9.39. The first kappa shape index (κ1) is 25.2. The minimum Gasteiger partial charge on any atom is -0.372 e. The predicted molar refractivity (Wildman–Crippen MR) is 152 cm³/mol. The molecule has 0 spiro atoms. The molecule has 2 heterocycles. The zero-order valence-corrected chi connectivity index (χ0v) is 21.3. The first-order valence-corrected chi connectivity index (χ1v) is 13.1. The van der Waals surface area contributed by atoms with Crippen molar-refractivity contribution in [2.45, 2.75) is 25.7 Å². The number of amides is 2. The molecule has 3 aromatic rings. The summed E-state index contributed by atoms with van der Waals surface area (Å²) in [4.78, 5) is 34.2. The second kappa shape index (κ2) is 12.2. The first-order chi connectivity index (χ1) is 18.6.